The van der Waals surface area contributed by atoms with Gasteiger partial charge in [0.25, 0.3) is 0 Å². The van der Waals surface area contributed by atoms with Crippen LogP contribution in [0.2, 0.25) is 0 Å². The van der Waals surface area contributed by atoms with Crippen LogP contribution in [-0.4, -0.2) is 51.2 Å². The van der Waals surface area contributed by atoms with Gasteiger partial charge in [-0.15, -0.1) is 0 Å². The van der Waals surface area contributed by atoms with Gasteiger partial charge >= 0.3 is 6.03 Å². The Bertz CT molecular complexity index is 1420. The van der Waals surface area contributed by atoms with Gasteiger partial charge in [-0.2, -0.15) is 4.98 Å². The third-order valence-electron chi connectivity index (χ3n) is 5.02. The van der Waals surface area contributed by atoms with Gasteiger partial charge in [-0.3, -0.25) is 0 Å². The molecule has 0 atom stereocenters. The predicted molar refractivity (Wildman–Crippen MR) is 137 cm³/mol. The van der Waals surface area contributed by atoms with Crippen LogP contribution in [0.4, 0.5) is 27.9 Å². The smallest absolute Gasteiger partial charge is 0.319 e. The van der Waals surface area contributed by atoms with Crippen molar-refractivity contribution in [3.63, 3.8) is 0 Å². The normalized spacial score (nSPS) is 14.1. The fraction of sp³-hybridized carbons (Fsp3) is 0.208. The highest BCUT2D eigenvalue weighted by Gasteiger charge is 2.15. The Hall–Kier alpha value is -4.34. The number of fused-ring (bicyclic) bond motifs is 4. The van der Waals surface area contributed by atoms with Gasteiger partial charge in [0.1, 0.15) is 11.6 Å². The standard InChI is InChI=1S/C24H25N7O4S/c1-35-20-9-2-7-18(14-20)30-24(32)26-11-4-6-17-16-27-23-29-19-8-3-10-21(15-19)36(33,34)28-13-5-12-25-22(17)31-23/h2-3,7-10,14-16,28H,5,11-13H2,1H3,(H2,26,30,32)(H2,25,27,29,31). The summed E-state index contributed by atoms with van der Waals surface area (Å²) in [6.45, 7) is 0.828. The van der Waals surface area contributed by atoms with Crippen molar-refractivity contribution in [3.8, 4) is 17.6 Å². The van der Waals surface area contributed by atoms with Crippen LogP contribution in [0, 0.1) is 11.8 Å². The summed E-state index contributed by atoms with van der Waals surface area (Å²) >= 11 is 0. The molecule has 2 heterocycles. The number of ether oxygens (including phenoxy) is 1. The number of hydrogen-bond acceptors (Lipinski definition) is 8. The molecule has 2 amide bonds. The molecule has 0 radical (unpaired) electrons. The van der Waals surface area contributed by atoms with E-state index in [1.807, 2.05) is 0 Å². The zero-order chi connectivity index (χ0) is 25.4. The van der Waals surface area contributed by atoms with E-state index in [4.69, 9.17) is 4.74 Å². The van der Waals surface area contributed by atoms with Gasteiger partial charge in [-0.25, -0.2) is 22.9 Å². The molecular formula is C24H25N7O4S. The van der Waals surface area contributed by atoms with E-state index in [9.17, 15) is 13.2 Å². The number of nitrogens with zero attached hydrogens (tertiary/aromatic N) is 2. The van der Waals surface area contributed by atoms with Crippen molar-refractivity contribution >= 4 is 39.2 Å². The molecule has 12 heteroatoms. The van der Waals surface area contributed by atoms with Crippen molar-refractivity contribution in [2.75, 3.05) is 42.7 Å². The number of rotatable bonds is 3. The number of benzene rings is 2. The van der Waals surface area contributed by atoms with E-state index in [0.29, 0.717) is 47.4 Å². The molecule has 4 bridgehead atoms. The summed E-state index contributed by atoms with van der Waals surface area (Å²) in [5, 5.41) is 11.6. The lowest BCUT2D eigenvalue weighted by Gasteiger charge is -2.10. The molecule has 0 saturated heterocycles. The number of anilines is 4. The minimum atomic E-state index is -3.62. The van der Waals surface area contributed by atoms with Gasteiger partial charge in [-0.1, -0.05) is 24.0 Å². The van der Waals surface area contributed by atoms with Crippen LogP contribution in [0.5, 0.6) is 5.75 Å². The van der Waals surface area contributed by atoms with Crippen molar-refractivity contribution in [1.29, 1.82) is 0 Å². The molecule has 0 fully saturated rings. The van der Waals surface area contributed by atoms with Crippen LogP contribution >= 0.6 is 0 Å². The van der Waals surface area contributed by atoms with Gasteiger partial charge in [0, 0.05) is 30.5 Å². The van der Waals surface area contributed by atoms with Crippen molar-refractivity contribution in [3.05, 3.63) is 60.3 Å². The lowest BCUT2D eigenvalue weighted by atomic mass is 10.3. The molecule has 1 aromatic heterocycles. The van der Waals surface area contributed by atoms with Crippen LogP contribution in [-0.2, 0) is 10.0 Å². The summed E-state index contributed by atoms with van der Waals surface area (Å²) < 4.78 is 32.7. The zero-order valence-corrected chi connectivity index (χ0v) is 20.3. The van der Waals surface area contributed by atoms with Crippen molar-refractivity contribution < 1.29 is 17.9 Å². The first kappa shape index (κ1) is 24.8. The highest BCUT2D eigenvalue weighted by Crippen LogP contribution is 2.21. The number of hydrogen-bond donors (Lipinski definition) is 5. The topological polar surface area (TPSA) is 146 Å². The molecule has 3 aromatic rings. The Morgan fingerprint density at radius 2 is 2.03 bits per heavy atom. The Morgan fingerprint density at radius 3 is 2.89 bits per heavy atom. The summed E-state index contributed by atoms with van der Waals surface area (Å²) in [5.74, 6) is 7.29. The monoisotopic (exact) mass is 507 g/mol. The molecule has 5 N–H and O–H groups in total. The number of urea groups is 1. The second-order valence-electron chi connectivity index (χ2n) is 7.63. The van der Waals surface area contributed by atoms with E-state index in [0.717, 1.165) is 0 Å². The van der Waals surface area contributed by atoms with Gasteiger partial charge in [0.05, 0.1) is 30.3 Å². The quantitative estimate of drug-likeness (QED) is 0.340. The number of methoxy groups -OCH3 is 1. The molecule has 0 unspecified atom stereocenters. The lowest BCUT2D eigenvalue weighted by Crippen LogP contribution is -2.28. The van der Waals surface area contributed by atoms with E-state index in [-0.39, 0.29) is 18.0 Å². The van der Waals surface area contributed by atoms with E-state index >= 15 is 0 Å². The largest absolute Gasteiger partial charge is 0.497 e. The Morgan fingerprint density at radius 1 is 1.17 bits per heavy atom. The molecular weight excluding hydrogens is 482 g/mol. The summed E-state index contributed by atoms with van der Waals surface area (Å²) in [6, 6.07) is 13.0. The maximum absolute atomic E-state index is 12.5. The first-order valence-corrected chi connectivity index (χ1v) is 12.6. The minimum Gasteiger partial charge on any atom is -0.497 e. The highest BCUT2D eigenvalue weighted by atomic mass is 32.2. The Balaban J connectivity index is 1.44. The summed E-state index contributed by atoms with van der Waals surface area (Å²) in [4.78, 5) is 21.1. The number of carbonyl (C=O) groups excluding carboxylic acids is 1. The summed E-state index contributed by atoms with van der Waals surface area (Å²) in [7, 11) is -2.06. The molecule has 36 heavy (non-hydrogen) atoms. The fourth-order valence-electron chi connectivity index (χ4n) is 3.26. The summed E-state index contributed by atoms with van der Waals surface area (Å²) in [6.07, 6.45) is 2.10. The second-order valence-corrected chi connectivity index (χ2v) is 9.40. The number of amides is 2. The van der Waals surface area contributed by atoms with E-state index in [1.54, 1.807) is 49.7 Å². The molecule has 1 aliphatic heterocycles. The molecule has 4 rings (SSSR count). The van der Waals surface area contributed by atoms with Gasteiger partial charge < -0.3 is 26.0 Å². The number of nitrogens with one attached hydrogen (secondary N) is 5. The molecule has 0 spiro atoms. The fourth-order valence-corrected chi connectivity index (χ4v) is 4.38. The van der Waals surface area contributed by atoms with Crippen LogP contribution in [0.25, 0.3) is 0 Å². The SMILES string of the molecule is COc1cccc(NC(=O)NCC#Cc2cnc3nc2NCCCNS(=O)(=O)c2cccc(c2)N3)c1. The predicted octanol–water partition coefficient (Wildman–Crippen LogP) is 2.50. The third-order valence-corrected chi connectivity index (χ3v) is 6.47. The van der Waals surface area contributed by atoms with Crippen LogP contribution < -0.4 is 30.7 Å². The molecule has 0 aliphatic carbocycles. The zero-order valence-electron chi connectivity index (χ0n) is 19.5. The summed E-state index contributed by atoms with van der Waals surface area (Å²) in [5.41, 5.74) is 1.67. The Labute approximate surface area is 209 Å². The van der Waals surface area contributed by atoms with Crippen molar-refractivity contribution in [1.82, 2.24) is 20.0 Å². The number of sulfonamides is 1. The molecule has 186 valence electrons. The molecule has 1 aliphatic rings. The average molecular weight is 508 g/mol. The van der Waals surface area contributed by atoms with Crippen LogP contribution in [0.15, 0.2) is 59.6 Å². The van der Waals surface area contributed by atoms with Gasteiger partial charge in [0.2, 0.25) is 16.0 Å². The highest BCUT2D eigenvalue weighted by molar-refractivity contribution is 7.89. The van der Waals surface area contributed by atoms with Crippen molar-refractivity contribution in [2.24, 2.45) is 0 Å². The first-order valence-electron chi connectivity index (χ1n) is 11.1. The number of carbonyl (C=O) groups is 1. The lowest BCUT2D eigenvalue weighted by molar-refractivity contribution is 0.253. The van der Waals surface area contributed by atoms with Gasteiger partial charge in [-0.05, 0) is 36.8 Å². The molecule has 0 saturated carbocycles. The van der Waals surface area contributed by atoms with E-state index < -0.39 is 16.1 Å². The van der Waals surface area contributed by atoms with Crippen LogP contribution in [0.1, 0.15) is 12.0 Å². The van der Waals surface area contributed by atoms with E-state index in [1.165, 1.54) is 12.1 Å². The van der Waals surface area contributed by atoms with E-state index in [2.05, 4.69) is 47.8 Å². The second kappa shape index (κ2) is 11.4. The Kier molecular flexibility index (Phi) is 7.84. The average Bonchev–Trinajstić information content (AvgIpc) is 2.87. The molecule has 2 aromatic carbocycles. The van der Waals surface area contributed by atoms with Crippen molar-refractivity contribution in [2.45, 2.75) is 11.3 Å². The first-order chi connectivity index (χ1) is 17.4. The third kappa shape index (κ3) is 6.62. The maximum atomic E-state index is 12.5. The molecule has 11 nitrogen and oxygen atoms in total. The van der Waals surface area contributed by atoms with Crippen LogP contribution in [0.3, 0.4) is 0 Å². The number of aromatic nitrogens is 2. The minimum absolute atomic E-state index is 0.101. The van der Waals surface area contributed by atoms with Gasteiger partial charge in [0.15, 0.2) is 0 Å². The maximum Gasteiger partial charge on any atom is 0.319 e.